The summed E-state index contributed by atoms with van der Waals surface area (Å²) in [5.74, 6) is -2.90. The normalized spacial score (nSPS) is 18.0. The van der Waals surface area contributed by atoms with Crippen molar-refractivity contribution in [1.29, 1.82) is 0 Å². The van der Waals surface area contributed by atoms with Crippen molar-refractivity contribution >= 4 is 23.7 Å². The number of epoxide rings is 1. The van der Waals surface area contributed by atoms with Gasteiger partial charge in [-0.15, -0.1) is 0 Å². The quantitative estimate of drug-likeness (QED) is 0.183. The number of ether oxygens (including phenoxy) is 1. The standard InChI is InChI=1S/C17H29N3O6.Na/c1-9(2)5-7-18-14(21)11(15(22)19-8-6-10(3)4)20-16(23)12-13(26-12)17(24)25;/h9-13H,5-8H2,1-4H3,(H,18,21)(H,19,22)(H,20,23)(H,24,25);/q;+1/p-1/t12-,13-;/m0./s1. The van der Waals surface area contributed by atoms with Crippen LogP contribution in [0.25, 0.3) is 0 Å². The van der Waals surface area contributed by atoms with Gasteiger partial charge in [-0.2, -0.15) is 0 Å². The number of carboxylic acids is 1. The van der Waals surface area contributed by atoms with Crippen LogP contribution < -0.4 is 50.6 Å². The van der Waals surface area contributed by atoms with Crippen molar-refractivity contribution in [3.63, 3.8) is 0 Å². The number of nitrogens with one attached hydrogen (secondary N) is 3. The van der Waals surface area contributed by atoms with Crippen molar-refractivity contribution in [3.8, 4) is 0 Å². The van der Waals surface area contributed by atoms with Crippen LogP contribution in [0.4, 0.5) is 0 Å². The van der Waals surface area contributed by atoms with Crippen molar-refractivity contribution in [2.45, 2.75) is 58.8 Å². The van der Waals surface area contributed by atoms with Crippen LogP contribution in [-0.4, -0.2) is 55.0 Å². The zero-order valence-corrected chi connectivity index (χ0v) is 18.7. The Bertz CT molecular complexity index is 515. The predicted molar refractivity (Wildman–Crippen MR) is 90.5 cm³/mol. The van der Waals surface area contributed by atoms with Crippen LogP contribution >= 0.6 is 0 Å². The molecule has 1 aliphatic heterocycles. The number of aliphatic carboxylic acids is 1. The van der Waals surface area contributed by atoms with Crippen LogP contribution in [-0.2, 0) is 23.9 Å². The maximum Gasteiger partial charge on any atom is 1.00 e. The number of hydrogen-bond acceptors (Lipinski definition) is 6. The molecular formula is C17H28N3NaO6. The van der Waals surface area contributed by atoms with Gasteiger partial charge in [0.05, 0.1) is 5.97 Å². The second-order valence-corrected chi connectivity index (χ2v) is 7.19. The minimum Gasteiger partial charge on any atom is -0.547 e. The summed E-state index contributed by atoms with van der Waals surface area (Å²) < 4.78 is 4.69. The van der Waals surface area contributed by atoms with Gasteiger partial charge in [0, 0.05) is 13.1 Å². The molecule has 3 amide bonds. The number of rotatable bonds is 11. The molecule has 0 radical (unpaired) electrons. The Morgan fingerprint density at radius 3 is 1.67 bits per heavy atom. The van der Waals surface area contributed by atoms with Gasteiger partial charge in [-0.3, -0.25) is 14.4 Å². The van der Waals surface area contributed by atoms with Crippen LogP contribution in [0.3, 0.4) is 0 Å². The van der Waals surface area contributed by atoms with Gasteiger partial charge < -0.3 is 30.6 Å². The third-order valence-electron chi connectivity index (χ3n) is 3.84. The average Bonchev–Trinajstić information content (AvgIpc) is 3.32. The van der Waals surface area contributed by atoms with E-state index in [-0.39, 0.29) is 29.6 Å². The fraction of sp³-hybridized carbons (Fsp3) is 0.765. The molecule has 0 aromatic carbocycles. The monoisotopic (exact) mass is 393 g/mol. The first-order valence-electron chi connectivity index (χ1n) is 8.85. The maximum absolute atomic E-state index is 12.3. The third-order valence-corrected chi connectivity index (χ3v) is 3.84. The molecule has 1 aliphatic rings. The second kappa shape index (κ2) is 12.3. The van der Waals surface area contributed by atoms with Crippen LogP contribution in [0.5, 0.6) is 0 Å². The minimum absolute atomic E-state index is 0. The van der Waals surface area contributed by atoms with Crippen LogP contribution in [0.2, 0.25) is 0 Å². The first-order chi connectivity index (χ1) is 12.1. The van der Waals surface area contributed by atoms with Crippen LogP contribution in [0, 0.1) is 11.8 Å². The number of amides is 3. The Balaban J connectivity index is 0.00000676. The molecule has 1 heterocycles. The number of hydrogen-bond donors (Lipinski definition) is 3. The van der Waals surface area contributed by atoms with Crippen molar-refractivity contribution in [2.75, 3.05) is 13.1 Å². The predicted octanol–water partition coefficient (Wildman–Crippen LogP) is -4.68. The summed E-state index contributed by atoms with van der Waals surface area (Å²) in [7, 11) is 0. The largest absolute Gasteiger partial charge is 1.00 e. The Hall–Kier alpha value is -1.16. The maximum atomic E-state index is 12.3. The molecule has 0 aliphatic carbocycles. The van der Waals surface area contributed by atoms with Gasteiger partial charge in [0.1, 0.15) is 6.10 Å². The molecule has 2 atom stereocenters. The number of carbonyl (C=O) groups is 4. The van der Waals surface area contributed by atoms with E-state index in [0.29, 0.717) is 24.9 Å². The summed E-state index contributed by atoms with van der Waals surface area (Å²) in [6.07, 6.45) is -1.14. The van der Waals surface area contributed by atoms with Crippen LogP contribution in [0.1, 0.15) is 40.5 Å². The summed E-state index contributed by atoms with van der Waals surface area (Å²) in [5, 5.41) is 18.1. The summed E-state index contributed by atoms with van der Waals surface area (Å²) in [4.78, 5) is 47.3. The van der Waals surface area contributed by atoms with E-state index in [1.54, 1.807) is 0 Å². The molecule has 148 valence electrons. The molecule has 9 nitrogen and oxygen atoms in total. The van der Waals surface area contributed by atoms with E-state index < -0.39 is 41.9 Å². The Morgan fingerprint density at radius 2 is 1.33 bits per heavy atom. The first kappa shape index (κ1) is 25.8. The van der Waals surface area contributed by atoms with E-state index in [1.165, 1.54) is 0 Å². The number of carbonyl (C=O) groups excluding carboxylic acids is 4. The molecule has 0 bridgehead atoms. The van der Waals surface area contributed by atoms with Crippen molar-refractivity contribution in [3.05, 3.63) is 0 Å². The fourth-order valence-electron chi connectivity index (χ4n) is 2.14. The average molecular weight is 393 g/mol. The first-order valence-corrected chi connectivity index (χ1v) is 8.85. The van der Waals surface area contributed by atoms with Gasteiger partial charge >= 0.3 is 29.6 Å². The summed E-state index contributed by atoms with van der Waals surface area (Å²) in [6, 6.07) is -1.45. The fourth-order valence-corrected chi connectivity index (χ4v) is 2.14. The minimum atomic E-state index is -1.51. The molecule has 0 saturated carbocycles. The second-order valence-electron chi connectivity index (χ2n) is 7.19. The molecule has 10 heteroatoms. The van der Waals surface area contributed by atoms with Gasteiger partial charge in [-0.1, -0.05) is 27.7 Å². The van der Waals surface area contributed by atoms with E-state index >= 15 is 0 Å². The van der Waals surface area contributed by atoms with Gasteiger partial charge in [0.15, 0.2) is 12.1 Å². The third kappa shape index (κ3) is 9.55. The van der Waals surface area contributed by atoms with E-state index in [4.69, 9.17) is 0 Å². The Kier molecular flexibility index (Phi) is 11.8. The van der Waals surface area contributed by atoms with Crippen molar-refractivity contribution in [2.24, 2.45) is 11.8 Å². The molecule has 27 heavy (non-hydrogen) atoms. The molecule has 0 aromatic rings. The van der Waals surface area contributed by atoms with Crippen LogP contribution in [0.15, 0.2) is 0 Å². The van der Waals surface area contributed by atoms with E-state index in [2.05, 4.69) is 20.7 Å². The zero-order chi connectivity index (χ0) is 19.9. The SMILES string of the molecule is CC(C)CCNC(=O)C(NC(=O)[C@H]1O[C@@H]1C(=O)[O-])C(=O)NCCC(C)C.[Na+]. The van der Waals surface area contributed by atoms with E-state index in [9.17, 15) is 24.3 Å². The van der Waals surface area contributed by atoms with Gasteiger partial charge in [-0.25, -0.2) is 0 Å². The van der Waals surface area contributed by atoms with Gasteiger partial charge in [-0.05, 0) is 24.7 Å². The van der Waals surface area contributed by atoms with E-state index in [1.807, 2.05) is 27.7 Å². The molecular weight excluding hydrogens is 365 g/mol. The summed E-state index contributed by atoms with van der Waals surface area (Å²) in [6.45, 7) is 8.71. The summed E-state index contributed by atoms with van der Waals surface area (Å²) in [5.41, 5.74) is 0. The topological polar surface area (TPSA) is 140 Å². The summed E-state index contributed by atoms with van der Waals surface area (Å²) >= 11 is 0. The number of carboxylic acid groups (broad SMARTS) is 1. The Labute approximate surface area is 181 Å². The van der Waals surface area contributed by atoms with Gasteiger partial charge in [0.25, 0.3) is 17.7 Å². The molecule has 0 aromatic heterocycles. The molecule has 1 rings (SSSR count). The van der Waals surface area contributed by atoms with Crippen molar-refractivity contribution in [1.82, 2.24) is 16.0 Å². The van der Waals surface area contributed by atoms with E-state index in [0.717, 1.165) is 12.8 Å². The van der Waals surface area contributed by atoms with Gasteiger partial charge in [0.2, 0.25) is 0 Å². The molecule has 0 spiro atoms. The smallest absolute Gasteiger partial charge is 0.547 e. The molecule has 3 N–H and O–H groups in total. The molecule has 1 saturated heterocycles. The zero-order valence-electron chi connectivity index (χ0n) is 16.7. The van der Waals surface area contributed by atoms with Crippen molar-refractivity contribution < 1.29 is 58.6 Å². The molecule has 0 unspecified atom stereocenters. The Morgan fingerprint density at radius 1 is 0.889 bits per heavy atom. The molecule has 1 fully saturated rings.